The average molecular weight is 366 g/mol. The fraction of sp³-hybridized carbons (Fsp3) is 0.200. The first kappa shape index (κ1) is 16.7. The molecule has 1 aliphatic rings. The summed E-state index contributed by atoms with van der Waals surface area (Å²) in [6.45, 7) is 0.619. The van der Waals surface area contributed by atoms with Crippen LogP contribution in [0.15, 0.2) is 54.6 Å². The van der Waals surface area contributed by atoms with Crippen molar-refractivity contribution in [3.05, 3.63) is 65.9 Å². The normalized spacial score (nSPS) is 16.8. The van der Waals surface area contributed by atoms with Gasteiger partial charge in [0.2, 0.25) is 5.91 Å². The lowest BCUT2D eigenvalue weighted by Crippen LogP contribution is -2.25. The monoisotopic (exact) mass is 366 g/mol. The van der Waals surface area contributed by atoms with Crippen LogP contribution in [0.3, 0.4) is 0 Å². The zero-order chi connectivity index (χ0) is 17.9. The van der Waals surface area contributed by atoms with E-state index in [1.165, 1.54) is 5.56 Å². The van der Waals surface area contributed by atoms with E-state index in [0.29, 0.717) is 13.0 Å². The molecule has 1 aromatic heterocycles. The summed E-state index contributed by atoms with van der Waals surface area (Å²) in [4.78, 5) is 26.3. The number of hydrogen-bond donors (Lipinski definition) is 2. The summed E-state index contributed by atoms with van der Waals surface area (Å²) < 4.78 is 5.87. The number of ether oxygens (including phenoxy) is 1. The Balaban J connectivity index is 1.41. The topological polar surface area (TPSA) is 71.2 Å². The van der Waals surface area contributed by atoms with Gasteiger partial charge >= 0.3 is 0 Å². The fourth-order valence-corrected chi connectivity index (χ4v) is 3.88. The molecule has 1 fully saturated rings. The molecule has 0 spiro atoms. The molecule has 5 nitrogen and oxygen atoms in total. The quantitative estimate of drug-likeness (QED) is 0.698. The Hall–Kier alpha value is -2.73. The van der Waals surface area contributed by atoms with Gasteiger partial charge in [0, 0.05) is 29.4 Å². The van der Waals surface area contributed by atoms with Crippen molar-refractivity contribution in [1.29, 1.82) is 0 Å². The standard InChI is InChI=1S/C20H18N2O3S/c23-19-18(26-20(24)22-19)12-15-10-14-11-16(6-7-17(14)21-15)25-9-8-13-4-2-1-3-5-13/h1-7,10-11,18,21H,8-9,12H2,(H,22,23,24). The van der Waals surface area contributed by atoms with Crippen LogP contribution in [0.1, 0.15) is 11.3 Å². The van der Waals surface area contributed by atoms with Crippen LogP contribution in [0.5, 0.6) is 5.75 Å². The van der Waals surface area contributed by atoms with Crippen LogP contribution in [-0.4, -0.2) is 28.0 Å². The summed E-state index contributed by atoms with van der Waals surface area (Å²) in [5, 5.41) is 2.72. The summed E-state index contributed by atoms with van der Waals surface area (Å²) in [7, 11) is 0. The van der Waals surface area contributed by atoms with Gasteiger partial charge in [0.1, 0.15) is 5.75 Å². The Kier molecular flexibility index (Phi) is 4.67. The number of carbonyl (C=O) groups is 2. The molecule has 2 amide bonds. The summed E-state index contributed by atoms with van der Waals surface area (Å²) in [5.74, 6) is 0.603. The Morgan fingerprint density at radius 1 is 1.04 bits per heavy atom. The summed E-state index contributed by atoms with van der Waals surface area (Å²) in [6.07, 6.45) is 1.36. The zero-order valence-corrected chi connectivity index (χ0v) is 14.8. The van der Waals surface area contributed by atoms with Crippen molar-refractivity contribution in [2.75, 3.05) is 6.61 Å². The molecule has 0 bridgehead atoms. The van der Waals surface area contributed by atoms with E-state index in [0.717, 1.165) is 40.5 Å². The minimum atomic E-state index is -0.364. The number of fused-ring (bicyclic) bond motifs is 1. The van der Waals surface area contributed by atoms with Gasteiger partial charge in [-0.25, -0.2) is 0 Å². The number of aromatic nitrogens is 1. The van der Waals surface area contributed by atoms with E-state index in [-0.39, 0.29) is 16.4 Å². The molecule has 26 heavy (non-hydrogen) atoms. The van der Waals surface area contributed by atoms with Gasteiger partial charge in [0.15, 0.2) is 0 Å². The van der Waals surface area contributed by atoms with Crippen molar-refractivity contribution >= 4 is 33.8 Å². The number of benzene rings is 2. The predicted molar refractivity (Wildman–Crippen MR) is 103 cm³/mol. The summed E-state index contributed by atoms with van der Waals surface area (Å²) >= 11 is 1.05. The number of imide groups is 1. The average Bonchev–Trinajstić information content (AvgIpc) is 3.17. The van der Waals surface area contributed by atoms with Gasteiger partial charge in [-0.05, 0) is 29.8 Å². The molecule has 1 unspecified atom stereocenters. The second-order valence-electron chi connectivity index (χ2n) is 6.22. The van der Waals surface area contributed by atoms with Crippen LogP contribution in [0.4, 0.5) is 4.79 Å². The highest BCUT2D eigenvalue weighted by molar-refractivity contribution is 8.15. The van der Waals surface area contributed by atoms with Crippen LogP contribution in [-0.2, 0) is 17.6 Å². The fourth-order valence-electron chi connectivity index (χ4n) is 3.03. The molecule has 6 heteroatoms. The van der Waals surface area contributed by atoms with Crippen molar-refractivity contribution in [1.82, 2.24) is 10.3 Å². The molecule has 1 atom stereocenters. The summed E-state index contributed by atoms with van der Waals surface area (Å²) in [5.41, 5.74) is 3.17. The number of carbonyl (C=O) groups excluding carboxylic acids is 2. The number of amides is 2. The number of aromatic amines is 1. The Morgan fingerprint density at radius 3 is 2.65 bits per heavy atom. The highest BCUT2D eigenvalue weighted by atomic mass is 32.2. The maximum absolute atomic E-state index is 11.7. The largest absolute Gasteiger partial charge is 0.493 e. The second-order valence-corrected chi connectivity index (χ2v) is 7.39. The van der Waals surface area contributed by atoms with Crippen molar-refractivity contribution in [2.24, 2.45) is 0 Å². The second kappa shape index (κ2) is 7.25. The van der Waals surface area contributed by atoms with Crippen LogP contribution in [0, 0.1) is 0 Å². The minimum absolute atomic E-state index is 0.219. The van der Waals surface area contributed by atoms with Crippen LogP contribution < -0.4 is 10.1 Å². The van der Waals surface area contributed by atoms with E-state index in [9.17, 15) is 9.59 Å². The van der Waals surface area contributed by atoms with Gasteiger partial charge in [0.05, 0.1) is 11.9 Å². The van der Waals surface area contributed by atoms with Crippen molar-refractivity contribution < 1.29 is 14.3 Å². The maximum Gasteiger partial charge on any atom is 0.286 e. The molecule has 4 rings (SSSR count). The third-order valence-electron chi connectivity index (χ3n) is 4.32. The van der Waals surface area contributed by atoms with E-state index in [4.69, 9.17) is 4.74 Å². The molecule has 3 aromatic rings. The van der Waals surface area contributed by atoms with Gasteiger partial charge in [0.25, 0.3) is 5.24 Å². The first-order valence-corrected chi connectivity index (χ1v) is 9.35. The highest BCUT2D eigenvalue weighted by Crippen LogP contribution is 2.26. The number of rotatable bonds is 6. The van der Waals surface area contributed by atoms with Crippen molar-refractivity contribution in [3.63, 3.8) is 0 Å². The van der Waals surface area contributed by atoms with E-state index < -0.39 is 0 Å². The lowest BCUT2D eigenvalue weighted by molar-refractivity contribution is -0.118. The first-order valence-electron chi connectivity index (χ1n) is 8.47. The maximum atomic E-state index is 11.7. The van der Waals surface area contributed by atoms with E-state index in [1.807, 2.05) is 42.5 Å². The van der Waals surface area contributed by atoms with E-state index in [2.05, 4.69) is 22.4 Å². The molecule has 1 saturated heterocycles. The van der Waals surface area contributed by atoms with Gasteiger partial charge in [-0.1, -0.05) is 42.1 Å². The third kappa shape index (κ3) is 3.75. The first-order chi connectivity index (χ1) is 12.7. The molecule has 2 heterocycles. The molecule has 132 valence electrons. The highest BCUT2D eigenvalue weighted by Gasteiger charge is 2.31. The van der Waals surface area contributed by atoms with Crippen molar-refractivity contribution in [3.8, 4) is 5.75 Å². The number of H-pyrrole nitrogens is 1. The molecule has 1 aliphatic heterocycles. The Labute approximate surface area is 155 Å². The number of hydrogen-bond acceptors (Lipinski definition) is 4. The molecule has 0 radical (unpaired) electrons. The van der Waals surface area contributed by atoms with Gasteiger partial charge in [-0.3, -0.25) is 14.9 Å². The third-order valence-corrected chi connectivity index (χ3v) is 5.30. The molecule has 0 aliphatic carbocycles. The minimum Gasteiger partial charge on any atom is -0.493 e. The lowest BCUT2D eigenvalue weighted by Gasteiger charge is -2.06. The molecule has 0 saturated carbocycles. The zero-order valence-electron chi connectivity index (χ0n) is 14.0. The number of thioether (sulfide) groups is 1. The van der Waals surface area contributed by atoms with Crippen LogP contribution in [0.25, 0.3) is 10.9 Å². The van der Waals surface area contributed by atoms with Crippen LogP contribution >= 0.6 is 11.8 Å². The Morgan fingerprint density at radius 2 is 1.88 bits per heavy atom. The summed E-state index contributed by atoms with van der Waals surface area (Å²) in [6, 6.07) is 18.2. The molecular formula is C20H18N2O3S. The molecule has 2 aromatic carbocycles. The lowest BCUT2D eigenvalue weighted by atomic mass is 10.2. The number of nitrogens with one attached hydrogen (secondary N) is 2. The van der Waals surface area contributed by atoms with Gasteiger partial charge in [-0.2, -0.15) is 0 Å². The van der Waals surface area contributed by atoms with Crippen LogP contribution in [0.2, 0.25) is 0 Å². The van der Waals surface area contributed by atoms with Gasteiger partial charge in [-0.15, -0.1) is 0 Å². The van der Waals surface area contributed by atoms with Crippen molar-refractivity contribution in [2.45, 2.75) is 18.1 Å². The SMILES string of the molecule is O=C1NC(=O)C(Cc2cc3cc(OCCc4ccccc4)ccc3[nH]2)S1. The van der Waals surface area contributed by atoms with E-state index >= 15 is 0 Å². The Bertz CT molecular complexity index is 952. The predicted octanol–water partition coefficient (Wildman–Crippen LogP) is 3.68. The smallest absolute Gasteiger partial charge is 0.286 e. The molecule has 2 N–H and O–H groups in total. The van der Waals surface area contributed by atoms with E-state index in [1.54, 1.807) is 0 Å². The van der Waals surface area contributed by atoms with Gasteiger partial charge < -0.3 is 9.72 Å². The molecular weight excluding hydrogens is 348 g/mol.